The third-order valence-electron chi connectivity index (χ3n) is 5.20. The van der Waals surface area contributed by atoms with E-state index in [9.17, 15) is 9.59 Å². The number of nitrogens with one attached hydrogen (secondary N) is 1. The molecule has 3 nitrogen and oxygen atoms in total. The first-order valence-electron chi connectivity index (χ1n) is 9.03. The molecule has 2 aliphatic carbocycles. The molecule has 1 amide bonds. The Labute approximate surface area is 183 Å². The summed E-state index contributed by atoms with van der Waals surface area (Å²) in [6.07, 6.45) is 2.79. The molecule has 146 valence electrons. The lowest BCUT2D eigenvalue weighted by Crippen LogP contribution is -2.17. The summed E-state index contributed by atoms with van der Waals surface area (Å²) < 4.78 is -1.24. The molecule has 2 aromatic rings. The highest BCUT2D eigenvalue weighted by Gasteiger charge is 2.67. The average molecular weight is 457 g/mol. The van der Waals surface area contributed by atoms with Crippen LogP contribution in [-0.4, -0.2) is 16.0 Å². The summed E-state index contributed by atoms with van der Waals surface area (Å²) in [5, 5.41) is 3.74. The van der Waals surface area contributed by atoms with E-state index >= 15 is 0 Å². The molecule has 2 atom stereocenters. The summed E-state index contributed by atoms with van der Waals surface area (Å²) in [4.78, 5) is 25.1. The second-order valence-electron chi connectivity index (χ2n) is 7.47. The highest BCUT2D eigenvalue weighted by atomic mass is 35.5. The Morgan fingerprint density at radius 3 is 2.36 bits per heavy atom. The topological polar surface area (TPSA) is 46.2 Å². The van der Waals surface area contributed by atoms with Gasteiger partial charge in [0.1, 0.15) is 4.33 Å². The smallest absolute Gasteiger partial charge is 0.231 e. The molecular formula is C21H17Cl4NO2. The van der Waals surface area contributed by atoms with E-state index in [-0.39, 0.29) is 11.7 Å². The van der Waals surface area contributed by atoms with E-state index in [4.69, 9.17) is 46.4 Å². The fourth-order valence-electron chi connectivity index (χ4n) is 3.51. The van der Waals surface area contributed by atoms with E-state index < -0.39 is 16.2 Å². The van der Waals surface area contributed by atoms with Crippen molar-refractivity contribution in [3.8, 4) is 0 Å². The molecule has 2 fully saturated rings. The molecule has 4 rings (SSSR count). The van der Waals surface area contributed by atoms with Crippen LogP contribution in [0.4, 0.5) is 5.69 Å². The van der Waals surface area contributed by atoms with Crippen LogP contribution in [0.3, 0.4) is 0 Å². The number of anilines is 1. The third kappa shape index (κ3) is 4.18. The summed E-state index contributed by atoms with van der Waals surface area (Å²) in [5.74, 6) is -0.753. The number of carbonyl (C=O) groups is 2. The number of Topliss-reactive ketones (excluding diaryl/α,β-unsaturated/α-hetero) is 1. The maximum atomic E-state index is 12.8. The molecule has 2 saturated carbocycles. The molecule has 0 radical (unpaired) electrons. The van der Waals surface area contributed by atoms with Crippen molar-refractivity contribution in [2.45, 2.75) is 29.5 Å². The third-order valence-corrected chi connectivity index (χ3v) is 6.58. The quantitative estimate of drug-likeness (QED) is 0.398. The van der Waals surface area contributed by atoms with Gasteiger partial charge >= 0.3 is 0 Å². The number of carbonyl (C=O) groups excluding carboxylic acids is 2. The van der Waals surface area contributed by atoms with Crippen LogP contribution in [-0.2, 0) is 4.79 Å². The zero-order valence-corrected chi connectivity index (χ0v) is 17.7. The van der Waals surface area contributed by atoms with E-state index in [1.165, 1.54) is 0 Å². The number of alkyl halides is 2. The van der Waals surface area contributed by atoms with Crippen LogP contribution in [0.2, 0.25) is 10.0 Å². The molecule has 7 heteroatoms. The SMILES string of the molecule is O=C(CC1CC1)c1cccc(NC(=O)C2C(c3cc(Cl)cc(Cl)c3)C2(Cl)Cl)c1. The van der Waals surface area contributed by atoms with Crippen molar-refractivity contribution in [2.75, 3.05) is 5.32 Å². The molecule has 0 bridgehead atoms. The van der Waals surface area contributed by atoms with Crippen LogP contribution < -0.4 is 5.32 Å². The Bertz CT molecular complexity index is 935. The minimum absolute atomic E-state index is 0.0977. The Hall–Kier alpha value is -1.26. The molecular weight excluding hydrogens is 440 g/mol. The van der Waals surface area contributed by atoms with Crippen LogP contribution in [0.5, 0.6) is 0 Å². The van der Waals surface area contributed by atoms with Gasteiger partial charge in [0, 0.05) is 33.6 Å². The molecule has 0 aromatic heterocycles. The Morgan fingerprint density at radius 1 is 1.04 bits per heavy atom. The van der Waals surface area contributed by atoms with Crippen LogP contribution in [0.15, 0.2) is 42.5 Å². The minimum atomic E-state index is -1.24. The van der Waals surface area contributed by atoms with E-state index in [0.717, 1.165) is 18.4 Å². The van der Waals surface area contributed by atoms with Crippen molar-refractivity contribution >= 4 is 63.8 Å². The van der Waals surface area contributed by atoms with Crippen molar-refractivity contribution in [3.63, 3.8) is 0 Å². The van der Waals surface area contributed by atoms with Crippen molar-refractivity contribution in [3.05, 3.63) is 63.6 Å². The maximum Gasteiger partial charge on any atom is 0.231 e. The summed E-state index contributed by atoms with van der Waals surface area (Å²) in [5.41, 5.74) is 1.86. The lowest BCUT2D eigenvalue weighted by atomic mass is 10.1. The number of ketones is 1. The molecule has 0 saturated heterocycles. The van der Waals surface area contributed by atoms with Gasteiger partial charge in [0.05, 0.1) is 5.92 Å². The van der Waals surface area contributed by atoms with Crippen LogP contribution in [0, 0.1) is 11.8 Å². The lowest BCUT2D eigenvalue weighted by Gasteiger charge is -2.07. The molecule has 28 heavy (non-hydrogen) atoms. The number of benzene rings is 2. The molecule has 2 aliphatic rings. The fraction of sp³-hybridized carbons (Fsp3) is 0.333. The highest BCUT2D eigenvalue weighted by molar-refractivity contribution is 6.53. The second kappa shape index (κ2) is 7.53. The minimum Gasteiger partial charge on any atom is -0.326 e. The van der Waals surface area contributed by atoms with Crippen molar-refractivity contribution < 1.29 is 9.59 Å². The first-order chi connectivity index (χ1) is 13.3. The zero-order chi connectivity index (χ0) is 20.1. The number of rotatable bonds is 6. The summed E-state index contributed by atoms with van der Waals surface area (Å²) in [7, 11) is 0. The van der Waals surface area contributed by atoms with Crippen LogP contribution in [0.1, 0.15) is 41.1 Å². The van der Waals surface area contributed by atoms with Crippen molar-refractivity contribution in [1.82, 2.24) is 0 Å². The Balaban J connectivity index is 1.48. The largest absolute Gasteiger partial charge is 0.326 e. The molecule has 0 spiro atoms. The van der Waals surface area contributed by atoms with Gasteiger partial charge in [-0.3, -0.25) is 9.59 Å². The Morgan fingerprint density at radius 2 is 1.71 bits per heavy atom. The Kier molecular flexibility index (Phi) is 5.39. The first-order valence-corrected chi connectivity index (χ1v) is 10.5. The lowest BCUT2D eigenvalue weighted by molar-refractivity contribution is -0.117. The van der Waals surface area contributed by atoms with Gasteiger partial charge in [0.2, 0.25) is 5.91 Å². The van der Waals surface area contributed by atoms with Gasteiger partial charge in [-0.15, -0.1) is 23.2 Å². The molecule has 0 heterocycles. The normalized spacial score (nSPS) is 22.6. The zero-order valence-electron chi connectivity index (χ0n) is 14.7. The van der Waals surface area contributed by atoms with Crippen molar-refractivity contribution in [2.24, 2.45) is 11.8 Å². The number of hydrogen-bond donors (Lipinski definition) is 1. The first kappa shape index (κ1) is 20.0. The second-order valence-corrected chi connectivity index (χ2v) is 9.79. The van der Waals surface area contributed by atoms with Gasteiger partial charge < -0.3 is 5.32 Å². The average Bonchev–Trinajstić information content (AvgIpc) is 3.51. The standard InChI is InChI=1S/C21H17Cl4NO2/c22-14-7-13(8-15(23)10-14)18-19(21(18,24)25)20(28)26-16-3-1-2-12(9-16)17(27)6-11-4-5-11/h1-3,7-11,18-19H,4-6H2,(H,26,28). The molecule has 2 unspecified atom stereocenters. The van der Waals surface area contributed by atoms with Crippen molar-refractivity contribution in [1.29, 1.82) is 0 Å². The number of hydrogen-bond acceptors (Lipinski definition) is 2. The van der Waals surface area contributed by atoms with Gasteiger partial charge in [-0.2, -0.15) is 0 Å². The predicted molar refractivity (Wildman–Crippen MR) is 114 cm³/mol. The van der Waals surface area contributed by atoms with E-state index in [1.54, 1.807) is 42.5 Å². The fourth-order valence-corrected chi connectivity index (χ4v) is 4.89. The number of halogens is 4. The summed E-state index contributed by atoms with van der Waals surface area (Å²) in [6, 6.07) is 12.0. The van der Waals surface area contributed by atoms with Gasteiger partial charge in [-0.1, -0.05) is 35.3 Å². The maximum absolute atomic E-state index is 12.8. The van der Waals surface area contributed by atoms with E-state index in [1.807, 2.05) is 0 Å². The molecule has 0 aliphatic heterocycles. The van der Waals surface area contributed by atoms with Gasteiger partial charge in [-0.25, -0.2) is 0 Å². The summed E-state index contributed by atoms with van der Waals surface area (Å²) >= 11 is 24.9. The van der Waals surface area contributed by atoms with Crippen LogP contribution in [0.25, 0.3) is 0 Å². The van der Waals surface area contributed by atoms with Crippen LogP contribution >= 0.6 is 46.4 Å². The molecule has 2 aromatic carbocycles. The van der Waals surface area contributed by atoms with Gasteiger partial charge in [0.15, 0.2) is 5.78 Å². The van der Waals surface area contributed by atoms with Gasteiger partial charge in [0.25, 0.3) is 0 Å². The highest BCUT2D eigenvalue weighted by Crippen LogP contribution is 2.65. The van der Waals surface area contributed by atoms with E-state index in [2.05, 4.69) is 5.32 Å². The van der Waals surface area contributed by atoms with E-state index in [0.29, 0.717) is 33.6 Å². The van der Waals surface area contributed by atoms with Gasteiger partial charge in [-0.05, 0) is 54.7 Å². The predicted octanol–water partition coefficient (Wildman–Crippen LogP) is 6.50. The monoisotopic (exact) mass is 455 g/mol. The molecule has 1 N–H and O–H groups in total. The summed E-state index contributed by atoms with van der Waals surface area (Å²) in [6.45, 7) is 0. The number of amides is 1.